The smallest absolute Gasteiger partial charge is 0.312 e. The monoisotopic (exact) mass is 328 g/mol. The summed E-state index contributed by atoms with van der Waals surface area (Å²) in [6.45, 7) is 1.72. The molecule has 10 heteroatoms. The van der Waals surface area contributed by atoms with Crippen LogP contribution in [0.4, 0.5) is 16.5 Å². The van der Waals surface area contributed by atoms with Crippen molar-refractivity contribution in [2.45, 2.75) is 11.8 Å². The lowest BCUT2D eigenvalue weighted by Gasteiger charge is -2.08. The second-order valence-corrected chi connectivity index (χ2v) is 6.57. The SMILES string of the molecule is CNc1cccc(S(=O)(=O)Nc2nc(C)cs2)c1[N+](=O)[O-]. The van der Waals surface area contributed by atoms with Crippen molar-refractivity contribution in [3.05, 3.63) is 39.4 Å². The molecule has 1 aromatic heterocycles. The Balaban J connectivity index is 2.52. The highest BCUT2D eigenvalue weighted by Gasteiger charge is 2.29. The van der Waals surface area contributed by atoms with E-state index in [1.54, 1.807) is 12.3 Å². The van der Waals surface area contributed by atoms with Gasteiger partial charge in [-0.3, -0.25) is 14.8 Å². The van der Waals surface area contributed by atoms with Crippen LogP contribution in [0.5, 0.6) is 0 Å². The zero-order chi connectivity index (χ0) is 15.6. The third-order valence-corrected chi connectivity index (χ3v) is 4.96. The molecule has 0 aliphatic heterocycles. The first-order chi connectivity index (χ1) is 9.85. The van der Waals surface area contributed by atoms with Crippen molar-refractivity contribution in [2.75, 3.05) is 17.1 Å². The Morgan fingerprint density at radius 3 is 2.62 bits per heavy atom. The Labute approximate surface area is 125 Å². The van der Waals surface area contributed by atoms with Gasteiger partial charge in [-0.15, -0.1) is 11.3 Å². The van der Waals surface area contributed by atoms with Crippen LogP contribution in [-0.2, 0) is 10.0 Å². The molecule has 8 nitrogen and oxygen atoms in total. The molecule has 0 fully saturated rings. The van der Waals surface area contributed by atoms with Crippen LogP contribution in [-0.4, -0.2) is 25.4 Å². The highest BCUT2D eigenvalue weighted by Crippen LogP contribution is 2.33. The topological polar surface area (TPSA) is 114 Å². The Morgan fingerprint density at radius 2 is 2.10 bits per heavy atom. The third-order valence-electron chi connectivity index (χ3n) is 2.58. The van der Waals surface area contributed by atoms with Crippen molar-refractivity contribution < 1.29 is 13.3 Å². The Morgan fingerprint density at radius 1 is 1.38 bits per heavy atom. The average Bonchev–Trinajstić information content (AvgIpc) is 2.82. The van der Waals surface area contributed by atoms with E-state index in [-0.39, 0.29) is 10.8 Å². The molecule has 1 aromatic carbocycles. The molecule has 0 bridgehead atoms. The molecule has 0 radical (unpaired) electrons. The number of hydrogen-bond acceptors (Lipinski definition) is 7. The van der Waals surface area contributed by atoms with E-state index < -0.39 is 25.5 Å². The molecule has 0 saturated heterocycles. The molecule has 112 valence electrons. The number of para-hydroxylation sites is 1. The second kappa shape index (κ2) is 5.66. The van der Waals surface area contributed by atoms with E-state index in [0.29, 0.717) is 5.69 Å². The van der Waals surface area contributed by atoms with Crippen molar-refractivity contribution in [1.82, 2.24) is 4.98 Å². The van der Waals surface area contributed by atoms with E-state index in [4.69, 9.17) is 0 Å². The van der Waals surface area contributed by atoms with Crippen LogP contribution >= 0.6 is 11.3 Å². The molecule has 0 saturated carbocycles. The Bertz CT molecular complexity index is 785. The molecule has 0 aliphatic carbocycles. The van der Waals surface area contributed by atoms with Crippen molar-refractivity contribution >= 4 is 37.9 Å². The first-order valence-electron chi connectivity index (χ1n) is 5.75. The number of thiazole rings is 1. The number of nitrogens with zero attached hydrogens (tertiary/aromatic N) is 2. The largest absolute Gasteiger partial charge is 0.383 e. The van der Waals surface area contributed by atoms with Gasteiger partial charge >= 0.3 is 5.69 Å². The molecule has 21 heavy (non-hydrogen) atoms. The van der Waals surface area contributed by atoms with Gasteiger partial charge in [-0.2, -0.15) is 0 Å². The number of aromatic nitrogens is 1. The van der Waals surface area contributed by atoms with Crippen molar-refractivity contribution in [2.24, 2.45) is 0 Å². The number of sulfonamides is 1. The fraction of sp³-hybridized carbons (Fsp3) is 0.182. The van der Waals surface area contributed by atoms with E-state index in [1.165, 1.54) is 25.2 Å². The molecule has 2 aromatic rings. The van der Waals surface area contributed by atoms with Gasteiger partial charge in [-0.05, 0) is 19.1 Å². The van der Waals surface area contributed by atoms with Crippen LogP contribution in [0.25, 0.3) is 0 Å². The molecular weight excluding hydrogens is 316 g/mol. The predicted octanol–water partition coefficient (Wildman–Crippen LogP) is 2.20. The third kappa shape index (κ3) is 3.11. The van der Waals surface area contributed by atoms with Gasteiger partial charge in [0.05, 0.1) is 10.6 Å². The number of benzene rings is 1. The van der Waals surface area contributed by atoms with E-state index in [0.717, 1.165) is 11.3 Å². The lowest BCUT2D eigenvalue weighted by atomic mass is 10.3. The van der Waals surface area contributed by atoms with Gasteiger partial charge in [0.2, 0.25) is 0 Å². The Kier molecular flexibility index (Phi) is 4.09. The van der Waals surface area contributed by atoms with Gasteiger partial charge < -0.3 is 5.32 Å². The summed E-state index contributed by atoms with van der Waals surface area (Å²) in [4.78, 5) is 14.0. The molecule has 0 spiro atoms. The number of anilines is 2. The summed E-state index contributed by atoms with van der Waals surface area (Å²) in [5.74, 6) is 0. The van der Waals surface area contributed by atoms with Crippen LogP contribution in [0.3, 0.4) is 0 Å². The predicted molar refractivity (Wildman–Crippen MR) is 80.3 cm³/mol. The number of rotatable bonds is 5. The summed E-state index contributed by atoms with van der Waals surface area (Å²) in [6, 6.07) is 4.05. The first-order valence-corrected chi connectivity index (χ1v) is 8.11. The van der Waals surface area contributed by atoms with Gasteiger partial charge in [0.1, 0.15) is 5.69 Å². The highest BCUT2D eigenvalue weighted by atomic mass is 32.2. The fourth-order valence-electron chi connectivity index (χ4n) is 1.70. The lowest BCUT2D eigenvalue weighted by molar-refractivity contribution is -0.386. The minimum Gasteiger partial charge on any atom is -0.383 e. The quantitative estimate of drug-likeness (QED) is 0.642. The molecule has 2 N–H and O–H groups in total. The van der Waals surface area contributed by atoms with E-state index in [2.05, 4.69) is 15.0 Å². The molecule has 1 heterocycles. The summed E-state index contributed by atoms with van der Waals surface area (Å²) in [7, 11) is -2.61. The van der Waals surface area contributed by atoms with E-state index >= 15 is 0 Å². The number of nitrogens with one attached hydrogen (secondary N) is 2. The first kappa shape index (κ1) is 15.2. The van der Waals surface area contributed by atoms with Crippen LogP contribution in [0.1, 0.15) is 5.69 Å². The minimum atomic E-state index is -4.09. The average molecular weight is 328 g/mol. The molecule has 0 atom stereocenters. The van der Waals surface area contributed by atoms with Crippen molar-refractivity contribution in [3.8, 4) is 0 Å². The van der Waals surface area contributed by atoms with Gasteiger partial charge in [-0.25, -0.2) is 13.4 Å². The summed E-state index contributed by atoms with van der Waals surface area (Å²) in [6.07, 6.45) is 0. The summed E-state index contributed by atoms with van der Waals surface area (Å²) >= 11 is 1.11. The molecular formula is C11H12N4O4S2. The van der Waals surface area contributed by atoms with Gasteiger partial charge in [0.25, 0.3) is 10.0 Å². The number of hydrogen-bond donors (Lipinski definition) is 2. The second-order valence-electron chi connectivity index (χ2n) is 4.06. The standard InChI is InChI=1S/C11H12N4O4S2/c1-7-6-20-11(13-7)14-21(18,19)9-5-3-4-8(12-2)10(9)15(16)17/h3-6,12H,1-2H3,(H,13,14). The maximum absolute atomic E-state index is 12.3. The normalized spacial score (nSPS) is 11.1. The summed E-state index contributed by atoms with van der Waals surface area (Å²) < 4.78 is 26.9. The van der Waals surface area contributed by atoms with Crippen molar-refractivity contribution in [1.29, 1.82) is 0 Å². The highest BCUT2D eigenvalue weighted by molar-refractivity contribution is 7.93. The molecule has 0 amide bonds. The maximum atomic E-state index is 12.3. The van der Waals surface area contributed by atoms with Gasteiger partial charge in [0.15, 0.2) is 10.0 Å². The van der Waals surface area contributed by atoms with Crippen molar-refractivity contribution in [3.63, 3.8) is 0 Å². The van der Waals surface area contributed by atoms with Gasteiger partial charge in [-0.1, -0.05) is 6.07 Å². The fourth-order valence-corrected chi connectivity index (χ4v) is 3.84. The molecule has 0 unspecified atom stereocenters. The number of aryl methyl sites for hydroxylation is 1. The van der Waals surface area contributed by atoms with Crippen LogP contribution < -0.4 is 10.0 Å². The van der Waals surface area contributed by atoms with Crippen LogP contribution in [0.2, 0.25) is 0 Å². The minimum absolute atomic E-state index is 0.123. The number of nitro groups is 1. The summed E-state index contributed by atoms with van der Waals surface area (Å²) in [5, 5.41) is 15.6. The Hall–Kier alpha value is -2.20. The maximum Gasteiger partial charge on any atom is 0.312 e. The summed E-state index contributed by atoms with van der Waals surface area (Å²) in [5.41, 5.74) is 0.287. The zero-order valence-electron chi connectivity index (χ0n) is 11.2. The molecule has 0 aliphatic rings. The zero-order valence-corrected chi connectivity index (χ0v) is 12.8. The van der Waals surface area contributed by atoms with Crippen LogP contribution in [0.15, 0.2) is 28.5 Å². The number of nitro benzene ring substituents is 1. The van der Waals surface area contributed by atoms with Gasteiger partial charge in [0, 0.05) is 12.4 Å². The van der Waals surface area contributed by atoms with E-state index in [1.807, 2.05) is 0 Å². The van der Waals surface area contributed by atoms with Crippen LogP contribution in [0, 0.1) is 17.0 Å². The molecule has 2 rings (SSSR count). The van der Waals surface area contributed by atoms with E-state index in [9.17, 15) is 18.5 Å². The lowest BCUT2D eigenvalue weighted by Crippen LogP contribution is -2.15.